The molecule has 164 valence electrons. The van der Waals surface area contributed by atoms with Gasteiger partial charge in [0.15, 0.2) is 0 Å². The summed E-state index contributed by atoms with van der Waals surface area (Å²) in [5.41, 5.74) is 0. The first-order valence-corrected chi connectivity index (χ1v) is 11.8. The van der Waals surface area contributed by atoms with Gasteiger partial charge in [-0.2, -0.15) is 0 Å². The van der Waals surface area contributed by atoms with Crippen LogP contribution in [0.15, 0.2) is 12.2 Å². The van der Waals surface area contributed by atoms with Crippen molar-refractivity contribution < 1.29 is 14.7 Å². The zero-order valence-corrected chi connectivity index (χ0v) is 18.6. The van der Waals surface area contributed by atoms with Crippen molar-refractivity contribution in [3.8, 4) is 0 Å². The largest absolute Gasteiger partial charge is 0.478 e. The Hall–Kier alpha value is -1.32. The number of unbranched alkanes of at least 4 members (excludes halogenated alkanes) is 14. The molecule has 28 heavy (non-hydrogen) atoms. The molecule has 0 atom stereocenters. The zero-order chi connectivity index (χ0) is 20.9. The first-order chi connectivity index (χ1) is 13.6. The molecule has 1 amide bonds. The van der Waals surface area contributed by atoms with Gasteiger partial charge in [0.25, 0.3) is 0 Å². The van der Waals surface area contributed by atoms with Gasteiger partial charge in [0.1, 0.15) is 0 Å². The molecular weight excluding hydrogens is 350 g/mol. The highest BCUT2D eigenvalue weighted by atomic mass is 16.4. The number of nitrogens with zero attached hydrogens (tertiary/aromatic N) is 1. The molecule has 0 aromatic rings. The maximum Gasteiger partial charge on any atom is 0.328 e. The molecule has 0 aliphatic carbocycles. The van der Waals surface area contributed by atoms with E-state index in [2.05, 4.69) is 13.8 Å². The van der Waals surface area contributed by atoms with Crippen LogP contribution in [0.3, 0.4) is 0 Å². The van der Waals surface area contributed by atoms with Gasteiger partial charge < -0.3 is 10.0 Å². The van der Waals surface area contributed by atoms with Crippen molar-refractivity contribution >= 4 is 11.9 Å². The Morgan fingerprint density at radius 2 is 0.964 bits per heavy atom. The quantitative estimate of drug-likeness (QED) is 0.183. The highest BCUT2D eigenvalue weighted by Crippen LogP contribution is 2.11. The number of carbonyl (C=O) groups is 2. The number of carboxylic acids is 1. The molecule has 0 rings (SSSR count). The molecule has 0 unspecified atom stereocenters. The lowest BCUT2D eigenvalue weighted by atomic mass is 10.1. The molecule has 0 saturated heterocycles. The average Bonchev–Trinajstić information content (AvgIpc) is 2.68. The van der Waals surface area contributed by atoms with Crippen LogP contribution in [0.25, 0.3) is 0 Å². The molecular formula is C24H45NO3. The van der Waals surface area contributed by atoms with Crippen molar-refractivity contribution in [3.05, 3.63) is 12.2 Å². The predicted molar refractivity (Wildman–Crippen MR) is 119 cm³/mol. The normalized spacial score (nSPS) is 11.2. The minimum absolute atomic E-state index is 0.159. The molecule has 4 heteroatoms. The third kappa shape index (κ3) is 18.1. The molecule has 0 saturated carbocycles. The van der Waals surface area contributed by atoms with Gasteiger partial charge in [-0.3, -0.25) is 4.79 Å². The maximum atomic E-state index is 12.3. The minimum Gasteiger partial charge on any atom is -0.478 e. The van der Waals surface area contributed by atoms with E-state index in [9.17, 15) is 9.59 Å². The Morgan fingerprint density at radius 3 is 1.32 bits per heavy atom. The minimum atomic E-state index is -1.06. The van der Waals surface area contributed by atoms with E-state index in [0.29, 0.717) is 0 Å². The summed E-state index contributed by atoms with van der Waals surface area (Å²) in [4.78, 5) is 24.8. The van der Waals surface area contributed by atoms with E-state index in [1.807, 2.05) is 4.90 Å². The first kappa shape index (κ1) is 26.7. The van der Waals surface area contributed by atoms with Crippen LogP contribution in [0, 0.1) is 0 Å². The Bertz CT molecular complexity index is 387. The summed E-state index contributed by atoms with van der Waals surface area (Å²) < 4.78 is 0. The second-order valence-corrected chi connectivity index (χ2v) is 7.95. The second-order valence-electron chi connectivity index (χ2n) is 7.95. The van der Waals surface area contributed by atoms with Gasteiger partial charge in [-0.05, 0) is 12.8 Å². The molecule has 0 aromatic carbocycles. The fraction of sp³-hybridized carbons (Fsp3) is 0.833. The van der Waals surface area contributed by atoms with Crippen LogP contribution in [-0.4, -0.2) is 35.0 Å². The van der Waals surface area contributed by atoms with E-state index in [1.54, 1.807) is 0 Å². The van der Waals surface area contributed by atoms with Crippen molar-refractivity contribution in [3.63, 3.8) is 0 Å². The van der Waals surface area contributed by atoms with E-state index in [4.69, 9.17) is 5.11 Å². The average molecular weight is 396 g/mol. The van der Waals surface area contributed by atoms with Gasteiger partial charge >= 0.3 is 5.97 Å². The standard InChI is InChI=1S/C24H45NO3/c1-3-5-7-9-11-13-15-17-21-25(23(26)19-20-24(27)28)22-18-16-14-12-10-8-6-4-2/h19-20H,3-18,21-22H2,1-2H3,(H,27,28)/b20-19+. The molecule has 0 aromatic heterocycles. The number of hydrogen-bond donors (Lipinski definition) is 1. The topological polar surface area (TPSA) is 57.6 Å². The molecule has 0 radical (unpaired) electrons. The highest BCUT2D eigenvalue weighted by molar-refractivity contribution is 5.93. The fourth-order valence-corrected chi connectivity index (χ4v) is 3.45. The summed E-state index contributed by atoms with van der Waals surface area (Å²) in [6, 6.07) is 0. The van der Waals surface area contributed by atoms with Crippen LogP contribution in [0.2, 0.25) is 0 Å². The lowest BCUT2D eigenvalue weighted by Gasteiger charge is -2.21. The van der Waals surface area contributed by atoms with Crippen LogP contribution in [-0.2, 0) is 9.59 Å². The molecule has 0 aliphatic heterocycles. The second kappa shape index (κ2) is 20.4. The van der Waals surface area contributed by atoms with Gasteiger partial charge in [0.05, 0.1) is 0 Å². The van der Waals surface area contributed by atoms with E-state index >= 15 is 0 Å². The molecule has 0 spiro atoms. The van der Waals surface area contributed by atoms with Gasteiger partial charge in [-0.15, -0.1) is 0 Å². The Labute approximate surface area is 173 Å². The molecule has 0 aliphatic rings. The summed E-state index contributed by atoms with van der Waals surface area (Å²) in [5.74, 6) is -1.22. The lowest BCUT2D eigenvalue weighted by Crippen LogP contribution is -2.31. The van der Waals surface area contributed by atoms with E-state index in [0.717, 1.165) is 44.8 Å². The number of hydrogen-bond acceptors (Lipinski definition) is 2. The van der Waals surface area contributed by atoms with Crippen molar-refractivity contribution in [1.82, 2.24) is 4.90 Å². The van der Waals surface area contributed by atoms with Crippen LogP contribution >= 0.6 is 0 Å². The van der Waals surface area contributed by atoms with Gasteiger partial charge in [0, 0.05) is 25.2 Å². The summed E-state index contributed by atoms with van der Waals surface area (Å²) in [5, 5.41) is 8.76. The zero-order valence-electron chi connectivity index (χ0n) is 18.6. The SMILES string of the molecule is CCCCCCCCCCN(CCCCCCCCCC)C(=O)/C=C/C(=O)O. The fourth-order valence-electron chi connectivity index (χ4n) is 3.45. The number of rotatable bonds is 20. The van der Waals surface area contributed by atoms with Crippen molar-refractivity contribution in [2.75, 3.05) is 13.1 Å². The number of carbonyl (C=O) groups excluding carboxylic acids is 1. The predicted octanol–water partition coefficient (Wildman–Crippen LogP) is 6.74. The molecule has 0 fully saturated rings. The van der Waals surface area contributed by atoms with Crippen LogP contribution in [0.4, 0.5) is 0 Å². The van der Waals surface area contributed by atoms with Gasteiger partial charge in [0.2, 0.25) is 5.91 Å². The summed E-state index contributed by atoms with van der Waals surface area (Å²) >= 11 is 0. The first-order valence-electron chi connectivity index (χ1n) is 11.8. The summed E-state index contributed by atoms with van der Waals surface area (Å²) in [7, 11) is 0. The number of carboxylic acid groups (broad SMARTS) is 1. The van der Waals surface area contributed by atoms with Crippen LogP contribution in [0.5, 0.6) is 0 Å². The highest BCUT2D eigenvalue weighted by Gasteiger charge is 2.10. The number of aliphatic carboxylic acids is 1. The molecule has 0 heterocycles. The maximum absolute atomic E-state index is 12.3. The number of amides is 1. The van der Waals surface area contributed by atoms with Crippen molar-refractivity contribution in [1.29, 1.82) is 0 Å². The lowest BCUT2D eigenvalue weighted by molar-refractivity contribution is -0.132. The molecule has 4 nitrogen and oxygen atoms in total. The summed E-state index contributed by atoms with van der Waals surface area (Å²) in [6.07, 6.45) is 22.0. The third-order valence-corrected chi connectivity index (χ3v) is 5.24. The smallest absolute Gasteiger partial charge is 0.328 e. The van der Waals surface area contributed by atoms with E-state index < -0.39 is 5.97 Å². The van der Waals surface area contributed by atoms with Gasteiger partial charge in [-0.1, -0.05) is 104 Å². The molecule has 0 bridgehead atoms. The monoisotopic (exact) mass is 395 g/mol. The van der Waals surface area contributed by atoms with E-state index in [1.165, 1.54) is 83.1 Å². The van der Waals surface area contributed by atoms with Crippen LogP contribution < -0.4 is 0 Å². The third-order valence-electron chi connectivity index (χ3n) is 5.24. The molecule has 1 N–H and O–H groups in total. The van der Waals surface area contributed by atoms with Gasteiger partial charge in [-0.25, -0.2) is 4.79 Å². The Kier molecular flexibility index (Phi) is 19.5. The van der Waals surface area contributed by atoms with Crippen molar-refractivity contribution in [2.45, 2.75) is 117 Å². The Balaban J connectivity index is 4.05. The Morgan fingerprint density at radius 1 is 0.607 bits per heavy atom. The summed E-state index contributed by atoms with van der Waals surface area (Å²) in [6.45, 7) is 5.95. The van der Waals surface area contributed by atoms with Crippen molar-refractivity contribution in [2.24, 2.45) is 0 Å². The van der Waals surface area contributed by atoms with E-state index in [-0.39, 0.29) is 5.91 Å². The van der Waals surface area contributed by atoms with Crippen LogP contribution in [0.1, 0.15) is 117 Å².